The van der Waals surface area contributed by atoms with E-state index in [1.165, 1.54) is 11.8 Å². The molecule has 0 bridgehead atoms. The summed E-state index contributed by atoms with van der Waals surface area (Å²) in [7, 11) is 0. The predicted molar refractivity (Wildman–Crippen MR) is 106 cm³/mol. The summed E-state index contributed by atoms with van der Waals surface area (Å²) < 4.78 is 5.78. The second-order valence-corrected chi connectivity index (χ2v) is 6.46. The maximum absolute atomic E-state index is 11.5. The van der Waals surface area contributed by atoms with Gasteiger partial charge in [-0.3, -0.25) is 9.69 Å². The lowest BCUT2D eigenvalue weighted by Crippen LogP contribution is -2.46. The Morgan fingerprint density at radius 3 is 2.35 bits per heavy atom. The molecule has 0 N–H and O–H groups in total. The number of ether oxygens (including phenoxy) is 1. The molecule has 0 saturated carbocycles. The van der Waals surface area contributed by atoms with Gasteiger partial charge in [0.05, 0.1) is 6.61 Å². The molecule has 0 aromatic heterocycles. The Bertz CT molecular complexity index is 705. The van der Waals surface area contributed by atoms with Gasteiger partial charge in [-0.05, 0) is 48.9 Å². The highest BCUT2D eigenvalue weighted by molar-refractivity contribution is 6.04. The Morgan fingerprint density at radius 1 is 1.00 bits per heavy atom. The van der Waals surface area contributed by atoms with Crippen LogP contribution in [0.25, 0.3) is 0 Å². The number of piperazine rings is 1. The van der Waals surface area contributed by atoms with Crippen LogP contribution in [0.2, 0.25) is 0 Å². The Labute approximate surface area is 155 Å². The first kappa shape index (κ1) is 18.2. The molecule has 2 aromatic rings. The van der Waals surface area contributed by atoms with Gasteiger partial charge in [0.15, 0.2) is 5.78 Å². The first-order valence-corrected chi connectivity index (χ1v) is 9.18. The normalized spacial score (nSPS) is 14.8. The van der Waals surface area contributed by atoms with Crippen molar-refractivity contribution >= 4 is 11.5 Å². The topological polar surface area (TPSA) is 32.8 Å². The van der Waals surface area contributed by atoms with Crippen molar-refractivity contribution < 1.29 is 9.53 Å². The Balaban J connectivity index is 1.34. The second-order valence-electron chi connectivity index (χ2n) is 6.46. The number of hydrogen-bond acceptors (Lipinski definition) is 4. The van der Waals surface area contributed by atoms with Crippen LogP contribution in [-0.4, -0.2) is 50.0 Å². The lowest BCUT2D eigenvalue weighted by molar-refractivity contribution is 0.104. The van der Waals surface area contributed by atoms with Crippen molar-refractivity contribution in [2.75, 3.05) is 44.2 Å². The van der Waals surface area contributed by atoms with Crippen LogP contribution in [-0.2, 0) is 0 Å². The molecule has 0 aliphatic carbocycles. The molecule has 0 spiro atoms. The van der Waals surface area contributed by atoms with Gasteiger partial charge >= 0.3 is 0 Å². The number of rotatable bonds is 8. The van der Waals surface area contributed by atoms with Crippen LogP contribution < -0.4 is 9.64 Å². The van der Waals surface area contributed by atoms with Gasteiger partial charge in [-0.2, -0.15) is 0 Å². The first-order valence-electron chi connectivity index (χ1n) is 9.18. The zero-order valence-electron chi connectivity index (χ0n) is 15.1. The SMILES string of the molecule is C=CC(=O)c1ccc(OCCCN2CCN(c3ccccc3)CC2)cc1. The van der Waals surface area contributed by atoms with Gasteiger partial charge < -0.3 is 9.64 Å². The van der Waals surface area contributed by atoms with E-state index in [4.69, 9.17) is 4.74 Å². The number of carbonyl (C=O) groups excluding carboxylic acids is 1. The molecule has 2 aromatic carbocycles. The van der Waals surface area contributed by atoms with Gasteiger partial charge in [-0.15, -0.1) is 0 Å². The zero-order valence-corrected chi connectivity index (χ0v) is 15.1. The highest BCUT2D eigenvalue weighted by Crippen LogP contribution is 2.16. The molecule has 1 aliphatic rings. The zero-order chi connectivity index (χ0) is 18.2. The summed E-state index contributed by atoms with van der Waals surface area (Å²) in [5.41, 5.74) is 1.96. The fraction of sp³-hybridized carbons (Fsp3) is 0.318. The van der Waals surface area contributed by atoms with E-state index in [0.29, 0.717) is 12.2 Å². The lowest BCUT2D eigenvalue weighted by atomic mass is 10.1. The third-order valence-electron chi connectivity index (χ3n) is 4.71. The number of anilines is 1. The van der Waals surface area contributed by atoms with E-state index < -0.39 is 0 Å². The molecule has 1 fully saturated rings. The third-order valence-corrected chi connectivity index (χ3v) is 4.71. The van der Waals surface area contributed by atoms with Gasteiger partial charge in [0.25, 0.3) is 0 Å². The molecule has 0 radical (unpaired) electrons. The molecule has 0 amide bonds. The van der Waals surface area contributed by atoms with Crippen LogP contribution in [0.4, 0.5) is 5.69 Å². The van der Waals surface area contributed by atoms with Crippen molar-refractivity contribution in [3.05, 3.63) is 72.8 Å². The molecule has 3 rings (SSSR count). The van der Waals surface area contributed by atoms with Gasteiger partial charge in [-0.25, -0.2) is 0 Å². The van der Waals surface area contributed by atoms with Crippen LogP contribution >= 0.6 is 0 Å². The predicted octanol–water partition coefficient (Wildman–Crippen LogP) is 3.65. The van der Waals surface area contributed by atoms with Crippen molar-refractivity contribution in [1.82, 2.24) is 4.90 Å². The number of para-hydroxylation sites is 1. The Morgan fingerprint density at radius 2 is 1.69 bits per heavy atom. The molecule has 0 atom stereocenters. The average Bonchev–Trinajstić information content (AvgIpc) is 2.72. The molecule has 136 valence electrons. The van der Waals surface area contributed by atoms with E-state index in [1.54, 1.807) is 12.1 Å². The van der Waals surface area contributed by atoms with Crippen LogP contribution in [0, 0.1) is 0 Å². The van der Waals surface area contributed by atoms with E-state index >= 15 is 0 Å². The summed E-state index contributed by atoms with van der Waals surface area (Å²) >= 11 is 0. The third kappa shape index (κ3) is 4.96. The monoisotopic (exact) mass is 350 g/mol. The molecule has 4 heteroatoms. The summed E-state index contributed by atoms with van der Waals surface area (Å²) in [5, 5.41) is 0. The molecule has 0 unspecified atom stereocenters. The highest BCUT2D eigenvalue weighted by atomic mass is 16.5. The molecule has 4 nitrogen and oxygen atoms in total. The van der Waals surface area contributed by atoms with E-state index in [0.717, 1.165) is 44.9 Å². The standard InChI is InChI=1S/C22H26N2O2/c1-2-22(25)19-9-11-21(12-10-19)26-18-6-13-23-14-16-24(17-15-23)20-7-4-3-5-8-20/h2-5,7-12H,1,6,13-18H2. The minimum Gasteiger partial charge on any atom is -0.494 e. The van der Waals surface area contributed by atoms with Crippen molar-refractivity contribution in [2.24, 2.45) is 0 Å². The number of ketones is 1. The van der Waals surface area contributed by atoms with Gasteiger partial charge in [0.2, 0.25) is 0 Å². The van der Waals surface area contributed by atoms with E-state index in [1.807, 2.05) is 12.1 Å². The Hall–Kier alpha value is -2.59. The van der Waals surface area contributed by atoms with Crippen molar-refractivity contribution in [1.29, 1.82) is 0 Å². The summed E-state index contributed by atoms with van der Waals surface area (Å²) in [6, 6.07) is 17.9. The van der Waals surface area contributed by atoms with Crippen LogP contribution in [0.5, 0.6) is 5.75 Å². The number of allylic oxidation sites excluding steroid dienone is 1. The van der Waals surface area contributed by atoms with E-state index in [9.17, 15) is 4.79 Å². The smallest absolute Gasteiger partial charge is 0.185 e. The fourth-order valence-electron chi connectivity index (χ4n) is 3.18. The van der Waals surface area contributed by atoms with Crippen LogP contribution in [0.15, 0.2) is 67.3 Å². The number of nitrogens with zero attached hydrogens (tertiary/aromatic N) is 2. The maximum Gasteiger partial charge on any atom is 0.185 e. The summed E-state index contributed by atoms with van der Waals surface area (Å²) in [6.07, 6.45) is 2.33. The number of hydrogen-bond donors (Lipinski definition) is 0. The number of carbonyl (C=O) groups is 1. The average molecular weight is 350 g/mol. The van der Waals surface area contributed by atoms with Crippen molar-refractivity contribution in [2.45, 2.75) is 6.42 Å². The first-order chi connectivity index (χ1) is 12.8. The van der Waals surface area contributed by atoms with Crippen molar-refractivity contribution in [3.8, 4) is 5.75 Å². The van der Waals surface area contributed by atoms with Crippen LogP contribution in [0.1, 0.15) is 16.8 Å². The molecular weight excluding hydrogens is 324 g/mol. The maximum atomic E-state index is 11.5. The largest absolute Gasteiger partial charge is 0.494 e. The van der Waals surface area contributed by atoms with E-state index in [-0.39, 0.29) is 5.78 Å². The quantitative estimate of drug-likeness (QED) is 0.413. The van der Waals surface area contributed by atoms with Gasteiger partial charge in [-0.1, -0.05) is 24.8 Å². The fourth-order valence-corrected chi connectivity index (χ4v) is 3.18. The van der Waals surface area contributed by atoms with Gasteiger partial charge in [0.1, 0.15) is 5.75 Å². The molecule has 1 aliphatic heterocycles. The Kier molecular flexibility index (Phi) is 6.45. The van der Waals surface area contributed by atoms with E-state index in [2.05, 4.69) is 46.7 Å². The second kappa shape index (κ2) is 9.20. The molecule has 1 heterocycles. The summed E-state index contributed by atoms with van der Waals surface area (Å²) in [5.74, 6) is 0.741. The minimum atomic E-state index is -0.0637. The summed E-state index contributed by atoms with van der Waals surface area (Å²) in [4.78, 5) is 16.4. The van der Waals surface area contributed by atoms with Gasteiger partial charge in [0, 0.05) is 44.0 Å². The van der Waals surface area contributed by atoms with Crippen molar-refractivity contribution in [3.63, 3.8) is 0 Å². The molecule has 26 heavy (non-hydrogen) atoms. The minimum absolute atomic E-state index is 0.0637. The van der Waals surface area contributed by atoms with Crippen LogP contribution in [0.3, 0.4) is 0 Å². The molecule has 1 saturated heterocycles. The lowest BCUT2D eigenvalue weighted by Gasteiger charge is -2.36. The molecular formula is C22H26N2O2. The number of benzene rings is 2. The highest BCUT2D eigenvalue weighted by Gasteiger charge is 2.16. The summed E-state index contributed by atoms with van der Waals surface area (Å²) in [6.45, 7) is 9.56.